The van der Waals surface area contributed by atoms with Gasteiger partial charge in [0.2, 0.25) is 0 Å². The number of likely N-dealkylation sites (N-methyl/N-ethyl adjacent to an activating group) is 1. The van der Waals surface area contributed by atoms with E-state index in [1.165, 1.54) is 4.88 Å². The van der Waals surface area contributed by atoms with Crippen molar-refractivity contribution in [2.45, 2.75) is 25.9 Å². The van der Waals surface area contributed by atoms with E-state index in [-0.39, 0.29) is 6.04 Å². The first kappa shape index (κ1) is 19.3. The first-order valence-corrected chi connectivity index (χ1v) is 10.6. The smallest absolute Gasteiger partial charge is 0.171 e. The highest BCUT2D eigenvalue weighted by Gasteiger charge is 2.30. The monoisotopic (exact) mass is 388 g/mol. The van der Waals surface area contributed by atoms with Crippen molar-refractivity contribution in [1.29, 1.82) is 0 Å². The summed E-state index contributed by atoms with van der Waals surface area (Å²) in [6.45, 7) is 10.1. The molecule has 0 radical (unpaired) electrons. The first-order valence-electron chi connectivity index (χ1n) is 9.29. The van der Waals surface area contributed by atoms with Crippen LogP contribution in [0.4, 0.5) is 5.69 Å². The molecule has 2 N–H and O–H groups in total. The van der Waals surface area contributed by atoms with Gasteiger partial charge in [0.25, 0.3) is 0 Å². The highest BCUT2D eigenvalue weighted by atomic mass is 32.1. The lowest BCUT2D eigenvalue weighted by molar-refractivity contribution is 0.0883. The van der Waals surface area contributed by atoms with E-state index >= 15 is 0 Å². The standard InChI is InChI=1S/C20H28N4S2/c1-3-23-11-13-24(14-12-23)19(18-10-7-15-26-18)16(2)21-20(25)22-17-8-5-4-6-9-17/h4-10,15-16,19H,3,11-14H2,1-2H3,(H2,21,22,25). The van der Waals surface area contributed by atoms with Crippen LogP contribution in [0.15, 0.2) is 47.8 Å². The van der Waals surface area contributed by atoms with Gasteiger partial charge < -0.3 is 15.5 Å². The maximum absolute atomic E-state index is 5.55. The van der Waals surface area contributed by atoms with Gasteiger partial charge in [-0.05, 0) is 49.3 Å². The third-order valence-electron chi connectivity index (χ3n) is 4.95. The molecule has 1 aliphatic heterocycles. The molecule has 0 spiro atoms. The Hall–Kier alpha value is -1.47. The molecule has 0 amide bonds. The molecule has 1 aromatic heterocycles. The Bertz CT molecular complexity index is 666. The van der Waals surface area contributed by atoms with Crippen LogP contribution in [0, 0.1) is 0 Å². The molecule has 1 aliphatic rings. The molecule has 0 saturated carbocycles. The molecule has 6 heteroatoms. The average molecular weight is 389 g/mol. The number of anilines is 1. The Morgan fingerprint density at radius 3 is 2.46 bits per heavy atom. The summed E-state index contributed by atoms with van der Waals surface area (Å²) >= 11 is 7.39. The van der Waals surface area contributed by atoms with Crippen LogP contribution in [-0.2, 0) is 0 Å². The lowest BCUT2D eigenvalue weighted by Gasteiger charge is -2.41. The van der Waals surface area contributed by atoms with E-state index < -0.39 is 0 Å². The van der Waals surface area contributed by atoms with E-state index in [4.69, 9.17) is 12.2 Å². The second-order valence-electron chi connectivity index (χ2n) is 6.68. The molecule has 140 valence electrons. The van der Waals surface area contributed by atoms with E-state index in [0.29, 0.717) is 11.2 Å². The van der Waals surface area contributed by atoms with Crippen LogP contribution in [-0.4, -0.2) is 53.7 Å². The zero-order valence-electron chi connectivity index (χ0n) is 15.5. The number of rotatable bonds is 6. The number of hydrogen-bond acceptors (Lipinski definition) is 4. The number of benzene rings is 1. The minimum atomic E-state index is 0.227. The van der Waals surface area contributed by atoms with Crippen molar-refractivity contribution < 1.29 is 0 Å². The number of thiophene rings is 1. The van der Waals surface area contributed by atoms with Gasteiger partial charge in [-0.15, -0.1) is 11.3 Å². The number of piperazine rings is 1. The van der Waals surface area contributed by atoms with Gasteiger partial charge >= 0.3 is 0 Å². The fourth-order valence-corrected chi connectivity index (χ4v) is 4.80. The first-order chi connectivity index (χ1) is 12.7. The second-order valence-corrected chi connectivity index (χ2v) is 8.07. The lowest BCUT2D eigenvalue weighted by atomic mass is 10.1. The normalized spacial score (nSPS) is 18.2. The molecular formula is C20H28N4S2. The lowest BCUT2D eigenvalue weighted by Crippen LogP contribution is -2.52. The minimum Gasteiger partial charge on any atom is -0.358 e. The molecule has 2 aromatic rings. The minimum absolute atomic E-state index is 0.227. The fourth-order valence-electron chi connectivity index (χ4n) is 3.53. The molecule has 2 unspecified atom stereocenters. The highest BCUT2D eigenvalue weighted by molar-refractivity contribution is 7.80. The van der Waals surface area contributed by atoms with E-state index in [1.54, 1.807) is 0 Å². The highest BCUT2D eigenvalue weighted by Crippen LogP contribution is 2.29. The van der Waals surface area contributed by atoms with Crippen LogP contribution in [0.5, 0.6) is 0 Å². The molecule has 1 aromatic carbocycles. The van der Waals surface area contributed by atoms with Crippen LogP contribution >= 0.6 is 23.6 Å². The van der Waals surface area contributed by atoms with Gasteiger partial charge in [-0.25, -0.2) is 0 Å². The zero-order valence-corrected chi connectivity index (χ0v) is 17.2. The maximum atomic E-state index is 5.55. The number of thiocarbonyl (C=S) groups is 1. The molecule has 26 heavy (non-hydrogen) atoms. The SMILES string of the molecule is CCN1CCN(C(c2cccs2)C(C)NC(=S)Nc2ccccc2)CC1. The summed E-state index contributed by atoms with van der Waals surface area (Å²) in [6, 6.07) is 15.0. The second kappa shape index (κ2) is 9.46. The summed E-state index contributed by atoms with van der Waals surface area (Å²) in [5, 5.41) is 9.64. The Balaban J connectivity index is 1.65. The third-order valence-corrected chi connectivity index (χ3v) is 6.11. The van der Waals surface area contributed by atoms with Gasteiger partial charge in [0.15, 0.2) is 5.11 Å². The van der Waals surface area contributed by atoms with Crippen LogP contribution in [0.2, 0.25) is 0 Å². The Morgan fingerprint density at radius 1 is 1.12 bits per heavy atom. The summed E-state index contributed by atoms with van der Waals surface area (Å²) < 4.78 is 0. The predicted octanol–water partition coefficient (Wildman–Crippen LogP) is 3.80. The summed E-state index contributed by atoms with van der Waals surface area (Å²) in [5.74, 6) is 0. The van der Waals surface area contributed by atoms with Crippen molar-refractivity contribution in [3.8, 4) is 0 Å². The molecule has 2 heterocycles. The largest absolute Gasteiger partial charge is 0.358 e. The van der Waals surface area contributed by atoms with E-state index in [9.17, 15) is 0 Å². The number of nitrogens with zero attached hydrogens (tertiary/aromatic N) is 2. The summed E-state index contributed by atoms with van der Waals surface area (Å²) in [5.41, 5.74) is 1.02. The van der Waals surface area contributed by atoms with Crippen molar-refractivity contribution in [3.63, 3.8) is 0 Å². The van der Waals surface area contributed by atoms with Gasteiger partial charge in [-0.2, -0.15) is 0 Å². The number of nitrogens with one attached hydrogen (secondary N) is 2. The van der Waals surface area contributed by atoms with E-state index in [1.807, 2.05) is 41.7 Å². The summed E-state index contributed by atoms with van der Waals surface area (Å²) in [6.07, 6.45) is 0. The molecule has 1 saturated heterocycles. The number of hydrogen-bond donors (Lipinski definition) is 2. The predicted molar refractivity (Wildman–Crippen MR) is 116 cm³/mol. The number of para-hydroxylation sites is 1. The maximum Gasteiger partial charge on any atom is 0.171 e. The van der Waals surface area contributed by atoms with Crippen LogP contribution in [0.1, 0.15) is 24.8 Å². The van der Waals surface area contributed by atoms with Crippen molar-refractivity contribution in [2.24, 2.45) is 0 Å². The Kier molecular flexibility index (Phi) is 7.02. The summed E-state index contributed by atoms with van der Waals surface area (Å²) in [4.78, 5) is 6.51. The van der Waals surface area contributed by atoms with Gasteiger partial charge in [-0.1, -0.05) is 31.2 Å². The third kappa shape index (κ3) is 5.04. The Morgan fingerprint density at radius 2 is 1.85 bits per heavy atom. The van der Waals surface area contributed by atoms with Crippen molar-refractivity contribution in [1.82, 2.24) is 15.1 Å². The van der Waals surface area contributed by atoms with Crippen LogP contribution in [0.25, 0.3) is 0 Å². The Labute approximate surface area is 166 Å². The van der Waals surface area contributed by atoms with Gasteiger partial charge in [0.05, 0.1) is 6.04 Å². The molecule has 4 nitrogen and oxygen atoms in total. The van der Waals surface area contributed by atoms with Gasteiger partial charge in [0.1, 0.15) is 0 Å². The van der Waals surface area contributed by atoms with Gasteiger partial charge in [-0.3, -0.25) is 4.90 Å². The van der Waals surface area contributed by atoms with Crippen molar-refractivity contribution in [3.05, 3.63) is 52.7 Å². The molecular weight excluding hydrogens is 360 g/mol. The zero-order chi connectivity index (χ0) is 18.4. The van der Waals surface area contributed by atoms with Crippen molar-refractivity contribution >= 4 is 34.4 Å². The topological polar surface area (TPSA) is 30.5 Å². The quantitative estimate of drug-likeness (QED) is 0.735. The van der Waals surface area contributed by atoms with Crippen molar-refractivity contribution in [2.75, 3.05) is 38.0 Å². The average Bonchev–Trinajstić information content (AvgIpc) is 3.17. The van der Waals surface area contributed by atoms with Crippen LogP contribution in [0.3, 0.4) is 0 Å². The molecule has 3 rings (SSSR count). The van der Waals surface area contributed by atoms with E-state index in [2.05, 4.69) is 51.8 Å². The van der Waals surface area contributed by atoms with Gasteiger partial charge in [0, 0.05) is 42.8 Å². The molecule has 1 fully saturated rings. The molecule has 0 aliphatic carbocycles. The molecule has 2 atom stereocenters. The van der Waals surface area contributed by atoms with E-state index in [0.717, 1.165) is 38.4 Å². The molecule has 0 bridgehead atoms. The summed E-state index contributed by atoms with van der Waals surface area (Å²) in [7, 11) is 0. The van der Waals surface area contributed by atoms with Crippen LogP contribution < -0.4 is 10.6 Å². The fraction of sp³-hybridized carbons (Fsp3) is 0.450.